The van der Waals surface area contributed by atoms with E-state index in [1.54, 1.807) is 18.3 Å². The third-order valence-electron chi connectivity index (χ3n) is 10.1. The molecule has 0 spiro atoms. The predicted molar refractivity (Wildman–Crippen MR) is 177 cm³/mol. The lowest BCUT2D eigenvalue weighted by atomic mass is 9.94. The number of hydrogen-bond acceptors (Lipinski definition) is 8. The zero-order chi connectivity index (χ0) is 32.3. The summed E-state index contributed by atoms with van der Waals surface area (Å²) in [5.74, 6) is -0.276. The van der Waals surface area contributed by atoms with Gasteiger partial charge in [-0.15, -0.1) is 0 Å². The summed E-state index contributed by atoms with van der Waals surface area (Å²) in [6, 6.07) is 7.99. The Labute approximate surface area is 272 Å². The number of fused-ring (bicyclic) bond motifs is 4. The molecule has 3 aromatic heterocycles. The summed E-state index contributed by atoms with van der Waals surface area (Å²) in [4.78, 5) is 14.4. The molecule has 0 amide bonds. The van der Waals surface area contributed by atoms with Crippen LogP contribution in [0.4, 0.5) is 14.6 Å². The Hall–Kier alpha value is -4.09. The third kappa shape index (κ3) is 5.43. The maximum Gasteiger partial charge on any atom is 0.319 e. The predicted octanol–water partition coefficient (Wildman–Crippen LogP) is 6.37. The van der Waals surface area contributed by atoms with Gasteiger partial charge in [-0.25, -0.2) is 13.3 Å². The van der Waals surface area contributed by atoms with Crippen LogP contribution in [0.25, 0.3) is 38.4 Å². The first-order chi connectivity index (χ1) is 22.8. The number of halogens is 2. The number of phenolic OH excluding ortho intramolecular Hbond substituents is 1. The summed E-state index contributed by atoms with van der Waals surface area (Å²) < 4.78 is 46.3. The standard InChI is InChI=1S/C36H40F2N6O3/c1-3-25-27(37)7-6-23-16-24(45)17-26(29(23)25)33-31(38)32-30(28-8-11-39-44(28)33)34(43-14-15-46-19-22(2)18-43)41-35(40-32)47-21-36(9-10-36)20-42-12-4-5-13-42/h6-8,11,16-17,22,45H,3-5,9-10,12-15,18-21H2,1-2H3. The van der Waals surface area contributed by atoms with Crippen molar-refractivity contribution in [3.63, 3.8) is 0 Å². The molecule has 2 aliphatic heterocycles. The molecule has 1 unspecified atom stereocenters. The number of aryl methyl sites for hydroxylation is 1. The second-order valence-corrected chi connectivity index (χ2v) is 13.7. The van der Waals surface area contributed by atoms with E-state index < -0.39 is 5.82 Å². The number of benzene rings is 2. The monoisotopic (exact) mass is 642 g/mol. The van der Waals surface area contributed by atoms with Crippen molar-refractivity contribution in [2.75, 3.05) is 57.4 Å². The molecule has 1 N–H and O–H groups in total. The minimum Gasteiger partial charge on any atom is -0.508 e. The Balaban J connectivity index is 1.33. The van der Waals surface area contributed by atoms with Crippen molar-refractivity contribution >= 4 is 33.0 Å². The van der Waals surface area contributed by atoms with Gasteiger partial charge in [-0.1, -0.05) is 19.9 Å². The number of likely N-dealkylation sites (tertiary alicyclic amines) is 1. The minimum atomic E-state index is -0.639. The van der Waals surface area contributed by atoms with Gasteiger partial charge in [0.25, 0.3) is 0 Å². The first-order valence-electron chi connectivity index (χ1n) is 16.8. The fraction of sp³-hybridized carbons (Fsp3) is 0.472. The molecular formula is C36H40F2N6O3. The van der Waals surface area contributed by atoms with Crippen LogP contribution in [0.5, 0.6) is 11.8 Å². The van der Waals surface area contributed by atoms with Crippen molar-refractivity contribution in [3.05, 3.63) is 53.7 Å². The Bertz CT molecular complexity index is 1990. The number of nitrogens with zero attached hydrogens (tertiary/aromatic N) is 6. The molecule has 0 radical (unpaired) electrons. The van der Waals surface area contributed by atoms with Crippen molar-refractivity contribution in [1.29, 1.82) is 0 Å². The normalized spacial score (nSPS) is 20.0. The van der Waals surface area contributed by atoms with Crippen molar-refractivity contribution in [2.24, 2.45) is 11.3 Å². The molecule has 3 aliphatic rings. The summed E-state index contributed by atoms with van der Waals surface area (Å²) in [6.45, 7) is 10.1. The second-order valence-electron chi connectivity index (χ2n) is 13.7. The van der Waals surface area contributed by atoms with Crippen molar-refractivity contribution < 1.29 is 23.4 Å². The van der Waals surface area contributed by atoms with E-state index in [0.29, 0.717) is 78.0 Å². The van der Waals surface area contributed by atoms with E-state index in [2.05, 4.69) is 21.8 Å². The Morgan fingerprint density at radius 3 is 2.68 bits per heavy atom. The molecule has 1 saturated carbocycles. The van der Waals surface area contributed by atoms with E-state index in [9.17, 15) is 5.11 Å². The maximum atomic E-state index is 17.4. The molecule has 1 atom stereocenters. The van der Waals surface area contributed by atoms with Crippen LogP contribution in [0.2, 0.25) is 0 Å². The molecule has 5 aromatic rings. The smallest absolute Gasteiger partial charge is 0.319 e. The summed E-state index contributed by atoms with van der Waals surface area (Å²) in [5, 5.41) is 17.0. The zero-order valence-electron chi connectivity index (χ0n) is 26.9. The van der Waals surface area contributed by atoms with Gasteiger partial charge in [0, 0.05) is 30.6 Å². The van der Waals surface area contributed by atoms with Gasteiger partial charge in [0.15, 0.2) is 5.82 Å². The molecule has 1 aliphatic carbocycles. The van der Waals surface area contributed by atoms with Gasteiger partial charge in [0.2, 0.25) is 0 Å². The molecule has 8 rings (SSSR count). The average molecular weight is 643 g/mol. The Morgan fingerprint density at radius 1 is 1.06 bits per heavy atom. The topological polar surface area (TPSA) is 88.3 Å². The van der Waals surface area contributed by atoms with E-state index in [-0.39, 0.29) is 40.1 Å². The Kier molecular flexibility index (Phi) is 7.63. The zero-order valence-corrected chi connectivity index (χ0v) is 26.9. The first-order valence-corrected chi connectivity index (χ1v) is 16.8. The molecule has 3 fully saturated rings. The molecule has 246 valence electrons. The second kappa shape index (κ2) is 11.9. The first kappa shape index (κ1) is 30.3. The number of aromatic nitrogens is 4. The van der Waals surface area contributed by atoms with Gasteiger partial charge in [-0.05, 0) is 91.7 Å². The van der Waals surface area contributed by atoms with Gasteiger partial charge in [-0.3, -0.25) is 0 Å². The van der Waals surface area contributed by atoms with Crippen molar-refractivity contribution in [2.45, 2.75) is 46.0 Å². The van der Waals surface area contributed by atoms with Gasteiger partial charge >= 0.3 is 6.01 Å². The summed E-state index contributed by atoms with van der Waals surface area (Å²) in [5.41, 5.74) is 1.64. The SMILES string of the molecule is CCc1c(F)ccc2cc(O)cc(-c3c(F)c4nc(OCC5(CN6CCCC6)CC5)nc(N5CCOCC(C)C5)c4c4ccnn34)c12. The van der Waals surface area contributed by atoms with Gasteiger partial charge in [0.05, 0.1) is 36.9 Å². The highest BCUT2D eigenvalue weighted by molar-refractivity contribution is 6.07. The van der Waals surface area contributed by atoms with E-state index in [4.69, 9.17) is 19.4 Å². The molecule has 2 saturated heterocycles. The lowest BCUT2D eigenvalue weighted by molar-refractivity contribution is 0.129. The van der Waals surface area contributed by atoms with Crippen LogP contribution in [0.3, 0.4) is 0 Å². The fourth-order valence-corrected chi connectivity index (χ4v) is 7.59. The highest BCUT2D eigenvalue weighted by Gasteiger charge is 2.45. The number of phenols is 1. The molecular weight excluding hydrogens is 602 g/mol. The van der Waals surface area contributed by atoms with Crippen molar-refractivity contribution in [3.8, 4) is 23.0 Å². The third-order valence-corrected chi connectivity index (χ3v) is 10.1. The van der Waals surface area contributed by atoms with E-state index >= 15 is 8.78 Å². The fourth-order valence-electron chi connectivity index (χ4n) is 7.59. The largest absolute Gasteiger partial charge is 0.508 e. The lowest BCUT2D eigenvalue weighted by Crippen LogP contribution is -2.32. The van der Waals surface area contributed by atoms with E-state index in [1.165, 1.54) is 29.5 Å². The molecule has 2 aromatic carbocycles. The maximum absolute atomic E-state index is 17.4. The molecule has 0 bridgehead atoms. The van der Waals surface area contributed by atoms with Crippen molar-refractivity contribution in [1.82, 2.24) is 24.5 Å². The number of aromatic hydroxyl groups is 1. The molecule has 47 heavy (non-hydrogen) atoms. The highest BCUT2D eigenvalue weighted by Crippen LogP contribution is 2.47. The Morgan fingerprint density at radius 2 is 1.89 bits per heavy atom. The van der Waals surface area contributed by atoms with E-state index in [1.807, 2.05) is 13.0 Å². The summed E-state index contributed by atoms with van der Waals surface area (Å²) in [6.07, 6.45) is 6.63. The van der Waals surface area contributed by atoms with E-state index in [0.717, 1.165) is 32.5 Å². The van der Waals surface area contributed by atoms with Gasteiger partial charge < -0.3 is 24.4 Å². The number of hydrogen-bond donors (Lipinski definition) is 1. The van der Waals surface area contributed by atoms with Crippen LogP contribution in [0.1, 0.15) is 45.1 Å². The van der Waals surface area contributed by atoms with Crippen LogP contribution in [-0.2, 0) is 11.2 Å². The number of rotatable bonds is 8. The lowest BCUT2D eigenvalue weighted by Gasteiger charge is -2.26. The summed E-state index contributed by atoms with van der Waals surface area (Å²) >= 11 is 0. The molecule has 9 nitrogen and oxygen atoms in total. The average Bonchev–Trinajstić information content (AvgIpc) is 3.42. The number of pyridine rings is 1. The van der Waals surface area contributed by atoms with Crippen LogP contribution < -0.4 is 9.64 Å². The highest BCUT2D eigenvalue weighted by atomic mass is 19.1. The quantitative estimate of drug-likeness (QED) is 0.209. The molecule has 11 heteroatoms. The van der Waals surface area contributed by atoms with Crippen LogP contribution in [0, 0.1) is 23.0 Å². The van der Waals surface area contributed by atoms with Gasteiger partial charge in [0.1, 0.15) is 28.6 Å². The van der Waals surface area contributed by atoms with Crippen LogP contribution >= 0.6 is 0 Å². The summed E-state index contributed by atoms with van der Waals surface area (Å²) in [7, 11) is 0. The minimum absolute atomic E-state index is 0.0559. The number of anilines is 1. The van der Waals surface area contributed by atoms with Crippen LogP contribution in [0.15, 0.2) is 36.5 Å². The number of ether oxygens (including phenoxy) is 2. The molecule has 5 heterocycles. The van der Waals surface area contributed by atoms with Crippen LogP contribution in [-0.4, -0.2) is 82.1 Å². The van der Waals surface area contributed by atoms with Gasteiger partial charge in [-0.2, -0.15) is 15.1 Å².